The largest absolute Gasteiger partial charge is 0.389 e. The molecule has 1 N–H and O–H groups in total. The summed E-state index contributed by atoms with van der Waals surface area (Å²) in [6.07, 6.45) is 0. The number of nitrogens with zero attached hydrogens (tertiary/aromatic N) is 1. The molecule has 0 spiro atoms. The first kappa shape index (κ1) is 8.38. The van der Waals surface area contributed by atoms with E-state index in [2.05, 4.69) is 0 Å². The van der Waals surface area contributed by atoms with E-state index < -0.39 is 17.1 Å². The normalized spacial score (nSPS) is 23.0. The molecule has 0 aliphatic carbocycles. The minimum absolute atomic E-state index is 0.0651. The fraction of sp³-hybridized carbons (Fsp3) is 1.00. The number of aliphatic hydroxyl groups excluding tert-OH is 1. The Morgan fingerprint density at radius 3 is 2.36 bits per heavy atom. The summed E-state index contributed by atoms with van der Waals surface area (Å²) in [5, 5.41) is 19.1. The first-order chi connectivity index (χ1) is 5.21. The first-order valence-corrected chi connectivity index (χ1v) is 3.12. The van der Waals surface area contributed by atoms with Crippen molar-refractivity contribution in [1.29, 1.82) is 0 Å². The molecule has 1 rings (SSSR count). The van der Waals surface area contributed by atoms with Crippen LogP contribution in [0.2, 0.25) is 0 Å². The predicted molar refractivity (Wildman–Crippen MR) is 33.6 cm³/mol. The van der Waals surface area contributed by atoms with Gasteiger partial charge >= 0.3 is 0 Å². The van der Waals surface area contributed by atoms with Crippen molar-refractivity contribution in [3.8, 4) is 0 Å². The minimum Gasteiger partial charge on any atom is -0.389 e. The van der Waals surface area contributed by atoms with Crippen molar-refractivity contribution in [3.63, 3.8) is 0 Å². The Kier molecular flexibility index (Phi) is 2.38. The number of ether oxygens (including phenoxy) is 2. The zero-order chi connectivity index (χ0) is 8.32. The van der Waals surface area contributed by atoms with Gasteiger partial charge in [0.2, 0.25) is 0 Å². The van der Waals surface area contributed by atoms with Gasteiger partial charge in [0.1, 0.15) is 26.6 Å². The highest BCUT2D eigenvalue weighted by atomic mass is 16.7. The summed E-state index contributed by atoms with van der Waals surface area (Å²) in [6, 6.07) is 0. The highest BCUT2D eigenvalue weighted by molar-refractivity contribution is 4.79. The Morgan fingerprint density at radius 1 is 1.55 bits per heavy atom. The second-order valence-corrected chi connectivity index (χ2v) is 2.45. The van der Waals surface area contributed by atoms with Crippen molar-refractivity contribution < 1.29 is 19.5 Å². The lowest BCUT2D eigenvalue weighted by atomic mass is 10.0. The van der Waals surface area contributed by atoms with Crippen molar-refractivity contribution in [2.45, 2.75) is 5.54 Å². The zero-order valence-corrected chi connectivity index (χ0v) is 5.86. The molecule has 6 heteroatoms. The fourth-order valence-electron chi connectivity index (χ4n) is 0.818. The lowest BCUT2D eigenvalue weighted by molar-refractivity contribution is -0.590. The molecule has 1 fully saturated rings. The second kappa shape index (κ2) is 3.12. The van der Waals surface area contributed by atoms with Gasteiger partial charge in [-0.1, -0.05) is 0 Å². The molecule has 11 heavy (non-hydrogen) atoms. The monoisotopic (exact) mass is 163 g/mol. The number of rotatable bonds is 2. The van der Waals surface area contributed by atoms with E-state index in [1.54, 1.807) is 0 Å². The molecule has 0 amide bonds. The summed E-state index contributed by atoms with van der Waals surface area (Å²) < 4.78 is 9.43. The molecular formula is C5H9NO5. The van der Waals surface area contributed by atoms with Crippen LogP contribution < -0.4 is 0 Å². The number of nitro groups is 1. The minimum atomic E-state index is -1.45. The van der Waals surface area contributed by atoms with Crippen LogP contribution in [0.15, 0.2) is 0 Å². The van der Waals surface area contributed by atoms with Gasteiger partial charge in [-0.2, -0.15) is 0 Å². The second-order valence-electron chi connectivity index (χ2n) is 2.45. The molecule has 1 aliphatic heterocycles. The maximum absolute atomic E-state index is 10.4. The van der Waals surface area contributed by atoms with Crippen LogP contribution in [-0.4, -0.2) is 42.2 Å². The van der Waals surface area contributed by atoms with Gasteiger partial charge in [-0.25, -0.2) is 0 Å². The number of aliphatic hydroxyl groups is 1. The quantitative estimate of drug-likeness (QED) is 0.417. The summed E-state index contributed by atoms with van der Waals surface area (Å²) in [6.45, 7) is -0.664. The van der Waals surface area contributed by atoms with Crippen molar-refractivity contribution >= 4 is 0 Å². The summed E-state index contributed by atoms with van der Waals surface area (Å²) in [5.41, 5.74) is -1.45. The van der Waals surface area contributed by atoms with Crippen LogP contribution >= 0.6 is 0 Å². The van der Waals surface area contributed by atoms with Crippen LogP contribution in [0, 0.1) is 10.1 Å². The average Bonchev–Trinajstić information content (AvgIpc) is 2.05. The van der Waals surface area contributed by atoms with Gasteiger partial charge in [0.05, 0.1) is 0 Å². The van der Waals surface area contributed by atoms with Gasteiger partial charge in [0, 0.05) is 4.92 Å². The highest BCUT2D eigenvalue weighted by Gasteiger charge is 2.45. The maximum Gasteiger partial charge on any atom is 0.290 e. The SMILES string of the molecule is O=[N+]([O-])C1(CO)COCOC1. The summed E-state index contributed by atoms with van der Waals surface area (Å²) in [4.78, 5) is 9.83. The third kappa shape index (κ3) is 1.47. The fourth-order valence-corrected chi connectivity index (χ4v) is 0.818. The van der Waals surface area contributed by atoms with E-state index in [-0.39, 0.29) is 20.0 Å². The molecule has 0 radical (unpaired) electrons. The van der Waals surface area contributed by atoms with Gasteiger partial charge in [-0.3, -0.25) is 10.1 Å². The van der Waals surface area contributed by atoms with Crippen LogP contribution in [0.5, 0.6) is 0 Å². The number of hydrogen-bond acceptors (Lipinski definition) is 5. The van der Waals surface area contributed by atoms with E-state index in [4.69, 9.17) is 14.6 Å². The van der Waals surface area contributed by atoms with E-state index in [1.165, 1.54) is 0 Å². The molecule has 0 unspecified atom stereocenters. The average molecular weight is 163 g/mol. The van der Waals surface area contributed by atoms with E-state index in [0.717, 1.165) is 0 Å². The van der Waals surface area contributed by atoms with Crippen LogP contribution in [0.4, 0.5) is 0 Å². The van der Waals surface area contributed by atoms with Gasteiger partial charge in [-0.05, 0) is 0 Å². The predicted octanol–water partition coefficient (Wildman–Crippen LogP) is -1.00. The smallest absolute Gasteiger partial charge is 0.290 e. The van der Waals surface area contributed by atoms with Crippen LogP contribution in [0.3, 0.4) is 0 Å². The molecule has 1 saturated heterocycles. The van der Waals surface area contributed by atoms with Crippen molar-refractivity contribution in [3.05, 3.63) is 10.1 Å². The summed E-state index contributed by atoms with van der Waals surface area (Å²) >= 11 is 0. The molecule has 0 aromatic rings. The molecular weight excluding hydrogens is 154 g/mol. The van der Waals surface area contributed by atoms with Crippen molar-refractivity contribution in [2.75, 3.05) is 26.6 Å². The van der Waals surface area contributed by atoms with E-state index >= 15 is 0 Å². The Balaban J connectivity index is 2.64. The summed E-state index contributed by atoms with van der Waals surface area (Å²) in [7, 11) is 0. The lowest BCUT2D eigenvalue weighted by Gasteiger charge is -2.26. The maximum atomic E-state index is 10.4. The highest BCUT2D eigenvalue weighted by Crippen LogP contribution is 2.14. The molecule has 0 saturated carbocycles. The van der Waals surface area contributed by atoms with E-state index in [9.17, 15) is 10.1 Å². The van der Waals surface area contributed by atoms with Gasteiger partial charge in [-0.15, -0.1) is 0 Å². The summed E-state index contributed by atoms with van der Waals surface area (Å²) in [5.74, 6) is 0. The van der Waals surface area contributed by atoms with Gasteiger partial charge in [0.15, 0.2) is 0 Å². The van der Waals surface area contributed by atoms with Crippen molar-refractivity contribution in [1.82, 2.24) is 0 Å². The molecule has 1 aliphatic rings. The van der Waals surface area contributed by atoms with Gasteiger partial charge in [0.25, 0.3) is 5.54 Å². The topological polar surface area (TPSA) is 81.8 Å². The molecule has 64 valence electrons. The van der Waals surface area contributed by atoms with Crippen LogP contribution in [0.1, 0.15) is 0 Å². The Labute approximate surface area is 62.9 Å². The standard InChI is InChI=1S/C5H9NO5/c7-1-5(6(8)9)2-10-4-11-3-5/h7H,1-4H2. The number of hydrogen-bond donors (Lipinski definition) is 1. The Morgan fingerprint density at radius 2 is 2.09 bits per heavy atom. The molecule has 0 bridgehead atoms. The van der Waals surface area contributed by atoms with Gasteiger partial charge < -0.3 is 14.6 Å². The third-order valence-corrected chi connectivity index (χ3v) is 1.59. The molecule has 0 atom stereocenters. The Bertz CT molecular complexity index is 153. The first-order valence-electron chi connectivity index (χ1n) is 3.12. The van der Waals surface area contributed by atoms with Crippen LogP contribution in [0.25, 0.3) is 0 Å². The van der Waals surface area contributed by atoms with E-state index in [0.29, 0.717) is 0 Å². The third-order valence-electron chi connectivity index (χ3n) is 1.59. The lowest BCUT2D eigenvalue weighted by Crippen LogP contribution is -2.53. The molecule has 6 nitrogen and oxygen atoms in total. The molecule has 1 heterocycles. The molecule has 0 aromatic carbocycles. The van der Waals surface area contributed by atoms with Crippen LogP contribution in [-0.2, 0) is 9.47 Å². The Hall–Kier alpha value is -0.720. The van der Waals surface area contributed by atoms with E-state index in [1.807, 2.05) is 0 Å². The molecule has 0 aromatic heterocycles. The zero-order valence-electron chi connectivity index (χ0n) is 5.86. The van der Waals surface area contributed by atoms with Crippen molar-refractivity contribution in [2.24, 2.45) is 0 Å².